The maximum atomic E-state index is 13.9. The van der Waals surface area contributed by atoms with Crippen molar-refractivity contribution in [3.8, 4) is 0 Å². The molecule has 0 saturated carbocycles. The maximum Gasteiger partial charge on any atom is 0.317 e. The summed E-state index contributed by atoms with van der Waals surface area (Å²) < 4.78 is 5.82. The topological polar surface area (TPSA) is 46.5 Å². The Morgan fingerprint density at radius 2 is 1.30 bits per heavy atom. The lowest BCUT2D eigenvalue weighted by Gasteiger charge is -2.58. The Morgan fingerprint density at radius 1 is 0.833 bits per heavy atom. The predicted molar refractivity (Wildman–Crippen MR) is 129 cm³/mol. The summed E-state index contributed by atoms with van der Waals surface area (Å²) in [4.78, 5) is 13.9. The second-order valence-electron chi connectivity index (χ2n) is 9.76. The van der Waals surface area contributed by atoms with Crippen LogP contribution in [0, 0.1) is 21.7 Å². The highest BCUT2D eigenvalue weighted by Crippen LogP contribution is 2.63. The highest BCUT2D eigenvalue weighted by molar-refractivity contribution is 5.79. The molecule has 0 aliphatic carbocycles. The summed E-state index contributed by atoms with van der Waals surface area (Å²) in [5.74, 6) is -0.0851. The highest BCUT2D eigenvalue weighted by Gasteiger charge is 2.60. The number of ether oxygens (including phenoxy) is 1. The van der Waals surface area contributed by atoms with E-state index in [1.807, 2.05) is 0 Å². The van der Waals surface area contributed by atoms with Gasteiger partial charge in [-0.2, -0.15) is 0 Å². The minimum Gasteiger partial charge on any atom is -0.509 e. The zero-order chi connectivity index (χ0) is 23.8. The van der Waals surface area contributed by atoms with Crippen LogP contribution in [0.1, 0.15) is 107 Å². The van der Waals surface area contributed by atoms with E-state index in [2.05, 4.69) is 75.5 Å². The van der Waals surface area contributed by atoms with E-state index < -0.39 is 5.41 Å². The van der Waals surface area contributed by atoms with Gasteiger partial charge in [0.05, 0.1) is 5.41 Å². The normalized spacial score (nSPS) is 15.1. The van der Waals surface area contributed by atoms with Crippen molar-refractivity contribution < 1.29 is 14.6 Å². The maximum absolute atomic E-state index is 13.9. The lowest BCUT2D eigenvalue weighted by molar-refractivity contribution is -0.178. The van der Waals surface area contributed by atoms with Gasteiger partial charge in [-0.25, -0.2) is 0 Å². The summed E-state index contributed by atoms with van der Waals surface area (Å²) in [6.07, 6.45) is 9.52. The summed E-state index contributed by atoms with van der Waals surface area (Å²) in [6.45, 7) is 27.4. The average molecular weight is 421 g/mol. The molecule has 0 rings (SSSR count). The summed E-state index contributed by atoms with van der Waals surface area (Å²) in [5.41, 5.74) is -0.840. The molecule has 0 bridgehead atoms. The monoisotopic (exact) mass is 420 g/mol. The third-order valence-corrected chi connectivity index (χ3v) is 8.60. The molecule has 30 heavy (non-hydrogen) atoms. The Kier molecular flexibility index (Phi) is 10.6. The Labute approximate surface area is 186 Å². The standard InChI is InChI=1S/C27H48O3/c1-12-24(9,13-2)20-26(11,23(29)30-22(8)19-18-21(7)28)27(16-5,17-6)25(10,14-3)15-4/h18-19,28H,7-8,12-17,20H2,1-6,9-11H3/b19-18-. The number of hydrogen-bond acceptors (Lipinski definition) is 3. The van der Waals surface area contributed by atoms with Gasteiger partial charge < -0.3 is 9.84 Å². The molecule has 0 spiro atoms. The number of carbonyl (C=O) groups excluding carboxylic acids is 1. The van der Waals surface area contributed by atoms with E-state index in [1.165, 1.54) is 12.2 Å². The van der Waals surface area contributed by atoms with E-state index in [-0.39, 0.29) is 33.7 Å². The molecule has 0 aromatic heterocycles. The molecule has 3 nitrogen and oxygen atoms in total. The van der Waals surface area contributed by atoms with Crippen LogP contribution in [-0.4, -0.2) is 11.1 Å². The van der Waals surface area contributed by atoms with Gasteiger partial charge in [0.15, 0.2) is 0 Å². The fourth-order valence-electron chi connectivity index (χ4n) is 5.72. The molecule has 0 aliphatic heterocycles. The van der Waals surface area contributed by atoms with Gasteiger partial charge in [-0.15, -0.1) is 0 Å². The van der Waals surface area contributed by atoms with Crippen LogP contribution in [0.15, 0.2) is 36.8 Å². The molecule has 0 aromatic carbocycles. The summed E-state index contributed by atoms with van der Waals surface area (Å²) >= 11 is 0. The van der Waals surface area contributed by atoms with Gasteiger partial charge in [0.25, 0.3) is 0 Å². The molecule has 174 valence electrons. The van der Waals surface area contributed by atoms with E-state index >= 15 is 0 Å². The molecule has 1 atom stereocenters. The van der Waals surface area contributed by atoms with Crippen molar-refractivity contribution in [2.24, 2.45) is 21.7 Å². The Morgan fingerprint density at radius 3 is 1.63 bits per heavy atom. The first-order chi connectivity index (χ1) is 13.8. The van der Waals surface area contributed by atoms with E-state index in [4.69, 9.17) is 4.74 Å². The fourth-order valence-corrected chi connectivity index (χ4v) is 5.72. The molecule has 3 heteroatoms. The summed E-state index contributed by atoms with van der Waals surface area (Å²) in [7, 11) is 0. The van der Waals surface area contributed by atoms with E-state index in [1.54, 1.807) is 0 Å². The van der Waals surface area contributed by atoms with Crippen molar-refractivity contribution in [3.05, 3.63) is 36.8 Å². The van der Waals surface area contributed by atoms with Crippen molar-refractivity contribution in [1.29, 1.82) is 0 Å². The van der Waals surface area contributed by atoms with Crippen LogP contribution in [0.25, 0.3) is 0 Å². The molecule has 0 amide bonds. The second-order valence-corrected chi connectivity index (χ2v) is 9.76. The third kappa shape index (κ3) is 5.59. The first kappa shape index (κ1) is 28.5. The van der Waals surface area contributed by atoms with E-state index in [0.717, 1.165) is 44.9 Å². The van der Waals surface area contributed by atoms with Gasteiger partial charge in [-0.1, -0.05) is 94.2 Å². The smallest absolute Gasteiger partial charge is 0.317 e. The number of esters is 1. The Bertz CT molecular complexity index is 616. The summed E-state index contributed by atoms with van der Waals surface area (Å²) in [5, 5.41) is 9.32. The number of rotatable bonds is 14. The molecule has 0 saturated heterocycles. The van der Waals surface area contributed by atoms with Gasteiger partial charge in [-0.05, 0) is 54.6 Å². The van der Waals surface area contributed by atoms with Crippen LogP contribution < -0.4 is 0 Å². The first-order valence-corrected chi connectivity index (χ1v) is 11.8. The molecular weight excluding hydrogens is 372 g/mol. The highest BCUT2D eigenvalue weighted by atomic mass is 16.5. The molecular formula is C27H48O3. The SMILES string of the molecule is C=C(O)/C=C\C(=C)OC(=O)C(C)(CC(C)(CC)CC)C(CC)(CC)C(C)(CC)CC. The minimum atomic E-state index is -0.676. The lowest BCUT2D eigenvalue weighted by atomic mass is 9.45. The molecule has 0 heterocycles. The van der Waals surface area contributed by atoms with Crippen molar-refractivity contribution in [2.45, 2.75) is 107 Å². The van der Waals surface area contributed by atoms with Crippen LogP contribution >= 0.6 is 0 Å². The van der Waals surface area contributed by atoms with Crippen molar-refractivity contribution >= 4 is 5.97 Å². The van der Waals surface area contributed by atoms with E-state index in [9.17, 15) is 9.90 Å². The number of allylic oxidation sites excluding steroid dienone is 2. The van der Waals surface area contributed by atoms with E-state index in [0.29, 0.717) is 0 Å². The van der Waals surface area contributed by atoms with Gasteiger partial charge in [0, 0.05) is 0 Å². The van der Waals surface area contributed by atoms with Crippen molar-refractivity contribution in [3.63, 3.8) is 0 Å². The van der Waals surface area contributed by atoms with Crippen LogP contribution in [0.5, 0.6) is 0 Å². The van der Waals surface area contributed by atoms with Crippen molar-refractivity contribution in [1.82, 2.24) is 0 Å². The lowest BCUT2D eigenvalue weighted by Crippen LogP contribution is -2.56. The molecule has 0 radical (unpaired) electrons. The van der Waals surface area contributed by atoms with Crippen LogP contribution in [0.4, 0.5) is 0 Å². The largest absolute Gasteiger partial charge is 0.509 e. The molecule has 0 fully saturated rings. The minimum absolute atomic E-state index is 0.00319. The van der Waals surface area contributed by atoms with Gasteiger partial charge in [0.1, 0.15) is 11.5 Å². The number of aliphatic hydroxyl groups is 1. The quantitative estimate of drug-likeness (QED) is 0.174. The zero-order valence-electron chi connectivity index (χ0n) is 21.3. The second kappa shape index (κ2) is 11.2. The number of hydrogen-bond donors (Lipinski definition) is 1. The zero-order valence-corrected chi connectivity index (χ0v) is 21.3. The molecule has 0 aromatic rings. The molecule has 1 unspecified atom stereocenters. The third-order valence-electron chi connectivity index (χ3n) is 8.60. The number of aliphatic hydroxyl groups excluding tert-OH is 1. The number of carbonyl (C=O) groups is 1. The molecule has 1 N–H and O–H groups in total. The predicted octanol–water partition coefficient (Wildman–Crippen LogP) is 8.53. The van der Waals surface area contributed by atoms with Crippen LogP contribution in [-0.2, 0) is 9.53 Å². The van der Waals surface area contributed by atoms with Gasteiger partial charge >= 0.3 is 5.97 Å². The first-order valence-electron chi connectivity index (χ1n) is 11.8. The summed E-state index contributed by atoms with van der Waals surface area (Å²) in [6, 6.07) is 0. The van der Waals surface area contributed by atoms with Crippen LogP contribution in [0.3, 0.4) is 0 Å². The average Bonchev–Trinajstić information content (AvgIpc) is 2.72. The Hall–Kier alpha value is -1.51. The van der Waals surface area contributed by atoms with Gasteiger partial charge in [0.2, 0.25) is 0 Å². The van der Waals surface area contributed by atoms with Gasteiger partial charge in [-0.3, -0.25) is 4.79 Å². The van der Waals surface area contributed by atoms with Crippen molar-refractivity contribution in [2.75, 3.05) is 0 Å². The Balaban J connectivity index is 6.64. The molecule has 0 aliphatic rings. The van der Waals surface area contributed by atoms with Crippen LogP contribution in [0.2, 0.25) is 0 Å². The fraction of sp³-hybridized carbons (Fsp3) is 0.741.